The van der Waals surface area contributed by atoms with Crippen molar-refractivity contribution < 1.29 is 0 Å². The quantitative estimate of drug-likeness (QED) is 0.798. The molecule has 0 amide bonds. The molecule has 0 aromatic carbocycles. The van der Waals surface area contributed by atoms with Gasteiger partial charge in [-0.1, -0.05) is 0 Å². The second-order valence-electron chi connectivity index (χ2n) is 3.14. The third kappa shape index (κ3) is 2.81. The van der Waals surface area contributed by atoms with Crippen LogP contribution in [0.2, 0.25) is 0 Å². The summed E-state index contributed by atoms with van der Waals surface area (Å²) in [7, 11) is 0. The van der Waals surface area contributed by atoms with Crippen molar-refractivity contribution in [2.24, 2.45) is 0 Å². The van der Waals surface area contributed by atoms with E-state index < -0.39 is 0 Å². The number of halogens is 1. The Kier molecular flexibility index (Phi) is 3.71. The van der Waals surface area contributed by atoms with E-state index in [4.69, 9.17) is 5.26 Å². The molecule has 17 heavy (non-hydrogen) atoms. The molecule has 0 saturated heterocycles. The lowest BCUT2D eigenvalue weighted by molar-refractivity contribution is 0.950. The van der Waals surface area contributed by atoms with Crippen LogP contribution in [0.25, 0.3) is 0 Å². The Morgan fingerprint density at radius 2 is 2.18 bits per heavy atom. The van der Waals surface area contributed by atoms with Crippen LogP contribution in [0.4, 0.5) is 0 Å². The van der Waals surface area contributed by atoms with Crippen LogP contribution in [-0.2, 0) is 0 Å². The third-order valence-corrected chi connectivity index (χ3v) is 3.84. The zero-order valence-electron chi connectivity index (χ0n) is 8.88. The number of nitriles is 1. The number of hydrogen-bond donors (Lipinski definition) is 0. The highest BCUT2D eigenvalue weighted by Gasteiger charge is 2.10. The number of aromatic nitrogens is 3. The van der Waals surface area contributed by atoms with Gasteiger partial charge >= 0.3 is 0 Å². The van der Waals surface area contributed by atoms with E-state index in [9.17, 15) is 0 Å². The summed E-state index contributed by atoms with van der Waals surface area (Å²) in [6.45, 7) is 1.79. The molecule has 0 atom stereocenters. The Bertz CT molecular complexity index is 594. The Morgan fingerprint density at radius 3 is 2.88 bits per heavy atom. The maximum Gasteiger partial charge on any atom is 0.126 e. The van der Waals surface area contributed by atoms with Gasteiger partial charge in [-0.2, -0.15) is 5.26 Å². The van der Waals surface area contributed by atoms with Gasteiger partial charge < -0.3 is 0 Å². The minimum absolute atomic E-state index is 0.457. The summed E-state index contributed by atoms with van der Waals surface area (Å²) in [6.07, 6.45) is 3.23. The van der Waals surface area contributed by atoms with Crippen molar-refractivity contribution in [2.75, 3.05) is 0 Å². The average Bonchev–Trinajstić information content (AvgIpc) is 2.32. The summed E-state index contributed by atoms with van der Waals surface area (Å²) >= 11 is 4.76. The van der Waals surface area contributed by atoms with Gasteiger partial charge in [0.1, 0.15) is 27.5 Å². The molecule has 2 aromatic rings. The predicted octanol–water partition coefficient (Wildman–Crippen LogP) is 2.97. The molecule has 0 N–H and O–H groups in total. The normalized spacial score (nSPS) is 9.94. The van der Waals surface area contributed by atoms with Gasteiger partial charge in [-0.3, -0.25) is 0 Å². The van der Waals surface area contributed by atoms with Crippen molar-refractivity contribution >= 4 is 27.7 Å². The molecule has 0 saturated carbocycles. The lowest BCUT2D eigenvalue weighted by atomic mass is 10.4. The van der Waals surface area contributed by atoms with E-state index in [-0.39, 0.29) is 0 Å². The van der Waals surface area contributed by atoms with Crippen molar-refractivity contribution in [2.45, 2.75) is 17.0 Å². The molecule has 2 heterocycles. The van der Waals surface area contributed by atoms with Crippen molar-refractivity contribution in [1.82, 2.24) is 15.0 Å². The van der Waals surface area contributed by atoms with Gasteiger partial charge in [-0.25, -0.2) is 15.0 Å². The zero-order chi connectivity index (χ0) is 12.3. The molecule has 0 unspecified atom stereocenters. The fraction of sp³-hybridized carbons (Fsp3) is 0.0909. The summed E-state index contributed by atoms with van der Waals surface area (Å²) in [6, 6.07) is 5.81. The minimum Gasteiger partial charge on any atom is -0.248 e. The van der Waals surface area contributed by atoms with E-state index >= 15 is 0 Å². The first-order valence-electron chi connectivity index (χ1n) is 4.73. The van der Waals surface area contributed by atoms with Crippen LogP contribution in [0.5, 0.6) is 0 Å². The second-order valence-corrected chi connectivity index (χ2v) is 4.97. The van der Waals surface area contributed by atoms with Gasteiger partial charge in [0.2, 0.25) is 0 Å². The van der Waals surface area contributed by atoms with Crippen LogP contribution in [0.3, 0.4) is 0 Å². The van der Waals surface area contributed by atoms with Gasteiger partial charge in [0.25, 0.3) is 0 Å². The van der Waals surface area contributed by atoms with Crippen LogP contribution in [0.1, 0.15) is 11.4 Å². The molecule has 84 valence electrons. The fourth-order valence-electron chi connectivity index (χ4n) is 1.14. The third-order valence-electron chi connectivity index (χ3n) is 1.91. The molecule has 0 spiro atoms. The van der Waals surface area contributed by atoms with Crippen molar-refractivity contribution in [3.8, 4) is 6.07 Å². The smallest absolute Gasteiger partial charge is 0.126 e. The van der Waals surface area contributed by atoms with E-state index in [0.717, 1.165) is 9.50 Å². The van der Waals surface area contributed by atoms with Gasteiger partial charge in [-0.15, -0.1) is 0 Å². The molecule has 0 bridgehead atoms. The van der Waals surface area contributed by atoms with E-state index in [0.29, 0.717) is 16.4 Å². The summed E-state index contributed by atoms with van der Waals surface area (Å²) in [5, 5.41) is 10.4. The van der Waals surface area contributed by atoms with Crippen molar-refractivity contribution in [3.63, 3.8) is 0 Å². The van der Waals surface area contributed by atoms with E-state index in [1.807, 2.05) is 12.1 Å². The Morgan fingerprint density at radius 1 is 1.35 bits per heavy atom. The van der Waals surface area contributed by atoms with Gasteiger partial charge in [0, 0.05) is 12.4 Å². The molecule has 2 aromatic heterocycles. The van der Waals surface area contributed by atoms with E-state index in [1.54, 1.807) is 13.1 Å². The maximum atomic E-state index is 8.98. The topological polar surface area (TPSA) is 62.5 Å². The van der Waals surface area contributed by atoms with Crippen LogP contribution < -0.4 is 0 Å². The molecule has 0 aliphatic carbocycles. The Labute approximate surface area is 111 Å². The number of hydrogen-bond acceptors (Lipinski definition) is 5. The first kappa shape index (κ1) is 12.0. The highest BCUT2D eigenvalue weighted by atomic mass is 79.9. The molecular weight excluding hydrogens is 300 g/mol. The second kappa shape index (κ2) is 5.25. The Hall–Kier alpha value is -1.45. The summed E-state index contributed by atoms with van der Waals surface area (Å²) < 4.78 is 0.880. The molecule has 0 aliphatic rings. The molecule has 0 radical (unpaired) electrons. The van der Waals surface area contributed by atoms with E-state index in [1.165, 1.54) is 18.0 Å². The first-order valence-corrected chi connectivity index (χ1v) is 6.34. The van der Waals surface area contributed by atoms with Crippen LogP contribution in [0, 0.1) is 18.3 Å². The zero-order valence-corrected chi connectivity index (χ0v) is 11.3. The highest BCUT2D eigenvalue weighted by Crippen LogP contribution is 2.31. The summed E-state index contributed by atoms with van der Waals surface area (Å²) in [5.41, 5.74) is 0.457. The van der Waals surface area contributed by atoms with Crippen LogP contribution in [0.15, 0.2) is 39.1 Å². The molecule has 0 aliphatic heterocycles. The van der Waals surface area contributed by atoms with Crippen molar-refractivity contribution in [3.05, 3.63) is 40.4 Å². The molecule has 2 rings (SSSR count). The predicted molar refractivity (Wildman–Crippen MR) is 67.5 cm³/mol. The fourth-order valence-corrected chi connectivity index (χ4v) is 2.49. The molecular formula is C11H7BrN4S. The van der Waals surface area contributed by atoms with Crippen LogP contribution >= 0.6 is 27.7 Å². The Balaban J connectivity index is 2.40. The molecule has 6 heteroatoms. The number of nitrogens with zero attached hydrogens (tertiary/aromatic N) is 4. The lowest BCUT2D eigenvalue weighted by Crippen LogP contribution is -1.94. The van der Waals surface area contributed by atoms with Gasteiger partial charge in [0.05, 0.1) is 4.47 Å². The van der Waals surface area contributed by atoms with E-state index in [2.05, 4.69) is 37.0 Å². The monoisotopic (exact) mass is 306 g/mol. The summed E-state index contributed by atoms with van der Waals surface area (Å²) in [5.74, 6) is 0.638. The van der Waals surface area contributed by atoms with Gasteiger partial charge in [0.15, 0.2) is 0 Å². The standard InChI is InChI=1S/C11H7BrN4S/c1-7-15-6-8(5-13)10(16-7)17-11-9(12)3-2-4-14-11/h2-4,6H,1H3. The average molecular weight is 307 g/mol. The molecule has 4 nitrogen and oxygen atoms in total. The summed E-state index contributed by atoms with van der Waals surface area (Å²) in [4.78, 5) is 12.5. The number of rotatable bonds is 2. The first-order chi connectivity index (χ1) is 8.20. The lowest BCUT2D eigenvalue weighted by Gasteiger charge is -2.04. The van der Waals surface area contributed by atoms with Gasteiger partial charge in [-0.05, 0) is 46.7 Å². The minimum atomic E-state index is 0.457. The van der Waals surface area contributed by atoms with Crippen molar-refractivity contribution in [1.29, 1.82) is 5.26 Å². The van der Waals surface area contributed by atoms with Crippen LogP contribution in [-0.4, -0.2) is 15.0 Å². The molecule has 0 fully saturated rings. The number of pyridine rings is 1. The largest absolute Gasteiger partial charge is 0.248 e. The number of aryl methyl sites for hydroxylation is 1. The highest BCUT2D eigenvalue weighted by molar-refractivity contribution is 9.10. The SMILES string of the molecule is Cc1ncc(C#N)c(Sc2ncccc2Br)n1. The maximum absolute atomic E-state index is 8.98.